The minimum atomic E-state index is -0.182. The van der Waals surface area contributed by atoms with Gasteiger partial charge in [0.05, 0.1) is 16.6 Å². The Labute approximate surface area is 152 Å². The lowest BCUT2D eigenvalue weighted by atomic mass is 10.1. The summed E-state index contributed by atoms with van der Waals surface area (Å²) >= 11 is 7.37. The largest absolute Gasteiger partial charge is 0.356 e. The topological polar surface area (TPSA) is 68.0 Å². The fourth-order valence-electron chi connectivity index (χ4n) is 2.64. The molecule has 2 aromatic carbocycles. The molecule has 0 bridgehead atoms. The van der Waals surface area contributed by atoms with Gasteiger partial charge >= 0.3 is 0 Å². The molecule has 0 aliphatic rings. The van der Waals surface area contributed by atoms with E-state index in [2.05, 4.69) is 15.5 Å². The average molecular weight is 372 g/mol. The first-order valence-corrected chi connectivity index (χ1v) is 8.90. The summed E-state index contributed by atoms with van der Waals surface area (Å²) in [5.41, 5.74) is 4.40. The van der Waals surface area contributed by atoms with Gasteiger partial charge in [-0.15, -0.1) is 0 Å². The van der Waals surface area contributed by atoms with Crippen LogP contribution in [0.4, 0.5) is 5.13 Å². The van der Waals surface area contributed by atoms with Crippen LogP contribution in [-0.4, -0.2) is 16.0 Å². The lowest BCUT2D eigenvalue weighted by molar-refractivity contribution is -0.115. The van der Waals surface area contributed by atoms with Crippen LogP contribution >= 0.6 is 22.9 Å². The van der Waals surface area contributed by atoms with Gasteiger partial charge in [0, 0.05) is 10.4 Å². The molecule has 0 saturated carbocycles. The normalized spacial score (nSPS) is 11.3. The number of benzene rings is 2. The number of amides is 1. The highest BCUT2D eigenvalue weighted by Crippen LogP contribution is 2.28. The summed E-state index contributed by atoms with van der Waals surface area (Å²) in [6, 6.07) is 9.39. The number of carbonyl (C=O) groups excluding carboxylic acids is 1. The Kier molecular flexibility index (Phi) is 3.94. The molecule has 2 heterocycles. The van der Waals surface area contributed by atoms with Crippen molar-refractivity contribution >= 4 is 55.2 Å². The molecule has 0 unspecified atom stereocenters. The third-order valence-electron chi connectivity index (χ3n) is 4.09. The Morgan fingerprint density at radius 2 is 2.04 bits per heavy atom. The molecule has 7 heteroatoms. The van der Waals surface area contributed by atoms with Crippen molar-refractivity contribution in [1.29, 1.82) is 0 Å². The summed E-state index contributed by atoms with van der Waals surface area (Å²) in [5.74, 6) is -0.182. The monoisotopic (exact) mass is 371 g/mol. The number of fused-ring (bicyclic) bond motifs is 2. The summed E-state index contributed by atoms with van der Waals surface area (Å²) < 4.78 is 6.27. The second-order valence-corrected chi connectivity index (χ2v) is 7.38. The Bertz CT molecular complexity index is 1120. The molecule has 0 saturated heterocycles. The van der Waals surface area contributed by atoms with Crippen LogP contribution in [0.25, 0.3) is 21.2 Å². The van der Waals surface area contributed by atoms with Gasteiger partial charge in [-0.3, -0.25) is 4.79 Å². The SMILES string of the molecule is Cc1cc2onc(CC(=O)Nc3nc4ccc(Cl)cc4s3)c2cc1C. The lowest BCUT2D eigenvalue weighted by Gasteiger charge is -2.01. The highest BCUT2D eigenvalue weighted by atomic mass is 35.5. The molecule has 25 heavy (non-hydrogen) atoms. The molecule has 0 radical (unpaired) electrons. The highest BCUT2D eigenvalue weighted by molar-refractivity contribution is 7.22. The number of thiazole rings is 1. The van der Waals surface area contributed by atoms with E-state index in [1.807, 2.05) is 38.1 Å². The molecule has 4 rings (SSSR count). The third-order valence-corrected chi connectivity index (χ3v) is 5.25. The van der Waals surface area contributed by atoms with Crippen molar-refractivity contribution < 1.29 is 9.32 Å². The molecule has 0 aliphatic heterocycles. The minimum Gasteiger partial charge on any atom is -0.356 e. The van der Waals surface area contributed by atoms with Crippen molar-refractivity contribution in [2.75, 3.05) is 5.32 Å². The second kappa shape index (κ2) is 6.13. The molecule has 0 atom stereocenters. The number of rotatable bonds is 3. The van der Waals surface area contributed by atoms with Gasteiger partial charge in [-0.1, -0.05) is 28.1 Å². The Morgan fingerprint density at radius 3 is 2.88 bits per heavy atom. The number of hydrogen-bond acceptors (Lipinski definition) is 5. The van der Waals surface area contributed by atoms with Crippen LogP contribution < -0.4 is 5.32 Å². The van der Waals surface area contributed by atoms with E-state index in [1.165, 1.54) is 11.3 Å². The number of nitrogens with one attached hydrogen (secondary N) is 1. The van der Waals surface area contributed by atoms with Gasteiger partial charge in [-0.05, 0) is 55.3 Å². The quantitative estimate of drug-likeness (QED) is 0.556. The highest BCUT2D eigenvalue weighted by Gasteiger charge is 2.15. The first-order chi connectivity index (χ1) is 12.0. The van der Waals surface area contributed by atoms with Crippen LogP contribution in [0.5, 0.6) is 0 Å². The maximum Gasteiger partial charge on any atom is 0.232 e. The molecule has 126 valence electrons. The fourth-order valence-corrected chi connectivity index (χ4v) is 3.80. The summed E-state index contributed by atoms with van der Waals surface area (Å²) in [7, 11) is 0. The van der Waals surface area contributed by atoms with E-state index in [9.17, 15) is 4.79 Å². The van der Waals surface area contributed by atoms with E-state index >= 15 is 0 Å². The Balaban J connectivity index is 1.56. The first-order valence-electron chi connectivity index (χ1n) is 7.71. The van der Waals surface area contributed by atoms with E-state index < -0.39 is 0 Å². The molecule has 1 N–H and O–H groups in total. The molecular formula is C18H14ClN3O2S. The number of hydrogen-bond donors (Lipinski definition) is 1. The van der Waals surface area contributed by atoms with Crippen molar-refractivity contribution in [3.8, 4) is 0 Å². The van der Waals surface area contributed by atoms with Crippen LogP contribution in [0.1, 0.15) is 16.8 Å². The number of halogens is 1. The molecule has 0 aliphatic carbocycles. The predicted octanol–water partition coefficient (Wildman–Crippen LogP) is 4.89. The molecule has 1 amide bonds. The maximum absolute atomic E-state index is 12.4. The molecule has 2 aromatic heterocycles. The van der Waals surface area contributed by atoms with Gasteiger partial charge in [0.15, 0.2) is 10.7 Å². The van der Waals surface area contributed by atoms with E-state index in [0.717, 1.165) is 26.7 Å². The predicted molar refractivity (Wildman–Crippen MR) is 100 cm³/mol. The van der Waals surface area contributed by atoms with Crippen molar-refractivity contribution in [2.24, 2.45) is 0 Å². The smallest absolute Gasteiger partial charge is 0.232 e. The van der Waals surface area contributed by atoms with Crippen LogP contribution in [0, 0.1) is 13.8 Å². The summed E-state index contributed by atoms with van der Waals surface area (Å²) in [6.45, 7) is 4.04. The number of aryl methyl sites for hydroxylation is 2. The van der Waals surface area contributed by atoms with Crippen LogP contribution in [0.3, 0.4) is 0 Å². The maximum atomic E-state index is 12.4. The Morgan fingerprint density at radius 1 is 1.24 bits per heavy atom. The van der Waals surface area contributed by atoms with Gasteiger partial charge in [-0.25, -0.2) is 4.98 Å². The molecular weight excluding hydrogens is 358 g/mol. The van der Waals surface area contributed by atoms with Gasteiger partial charge < -0.3 is 9.84 Å². The fraction of sp³-hybridized carbons (Fsp3) is 0.167. The second-order valence-electron chi connectivity index (χ2n) is 5.92. The standard InChI is InChI=1S/C18H14ClN3O2S/c1-9-5-12-14(22-24-15(12)6-10(9)2)8-17(23)21-18-20-13-4-3-11(19)7-16(13)25-18/h3-7H,8H2,1-2H3,(H,20,21,23). The Hall–Kier alpha value is -2.44. The molecule has 0 fully saturated rings. The zero-order chi connectivity index (χ0) is 17.6. The van der Waals surface area contributed by atoms with Crippen LogP contribution in [0.15, 0.2) is 34.9 Å². The van der Waals surface area contributed by atoms with Crippen molar-refractivity contribution in [2.45, 2.75) is 20.3 Å². The van der Waals surface area contributed by atoms with Gasteiger partial charge in [0.25, 0.3) is 0 Å². The number of nitrogens with zero attached hydrogens (tertiary/aromatic N) is 2. The van der Waals surface area contributed by atoms with Gasteiger partial charge in [0.1, 0.15) is 5.69 Å². The molecule has 4 aromatic rings. The van der Waals surface area contributed by atoms with E-state index in [0.29, 0.717) is 21.4 Å². The summed E-state index contributed by atoms with van der Waals surface area (Å²) in [6.07, 6.45) is 0.131. The van der Waals surface area contributed by atoms with Gasteiger partial charge in [-0.2, -0.15) is 0 Å². The molecule has 5 nitrogen and oxygen atoms in total. The van der Waals surface area contributed by atoms with Gasteiger partial charge in [0.2, 0.25) is 5.91 Å². The number of carbonyl (C=O) groups is 1. The first kappa shape index (κ1) is 16.1. The minimum absolute atomic E-state index is 0.131. The third kappa shape index (κ3) is 3.10. The zero-order valence-corrected chi connectivity index (χ0v) is 15.2. The van der Waals surface area contributed by atoms with Crippen molar-refractivity contribution in [3.63, 3.8) is 0 Å². The molecule has 0 spiro atoms. The zero-order valence-electron chi connectivity index (χ0n) is 13.6. The number of anilines is 1. The lowest BCUT2D eigenvalue weighted by Crippen LogP contribution is -2.14. The van der Waals surface area contributed by atoms with Crippen LogP contribution in [0.2, 0.25) is 5.02 Å². The van der Waals surface area contributed by atoms with Crippen molar-refractivity contribution in [3.05, 3.63) is 52.2 Å². The van der Waals surface area contributed by atoms with E-state index in [-0.39, 0.29) is 12.3 Å². The number of aromatic nitrogens is 2. The summed E-state index contributed by atoms with van der Waals surface area (Å²) in [4.78, 5) is 16.8. The van der Waals surface area contributed by atoms with E-state index in [4.69, 9.17) is 16.1 Å². The average Bonchev–Trinajstić information content (AvgIpc) is 3.11. The van der Waals surface area contributed by atoms with Crippen molar-refractivity contribution in [1.82, 2.24) is 10.1 Å². The van der Waals surface area contributed by atoms with Crippen LogP contribution in [-0.2, 0) is 11.2 Å². The van der Waals surface area contributed by atoms with E-state index in [1.54, 1.807) is 6.07 Å². The summed E-state index contributed by atoms with van der Waals surface area (Å²) in [5, 5.41) is 8.93.